The summed E-state index contributed by atoms with van der Waals surface area (Å²) < 4.78 is 23.1. The molecule has 0 aliphatic carbocycles. The van der Waals surface area contributed by atoms with Crippen LogP contribution in [0.5, 0.6) is 5.75 Å². The van der Waals surface area contributed by atoms with Crippen molar-refractivity contribution < 1.29 is 23.7 Å². The first-order valence-electron chi connectivity index (χ1n) is 12.0. The third kappa shape index (κ3) is 4.61. The first-order valence-corrected chi connectivity index (χ1v) is 12.0. The number of carbonyl (C=O) groups excluding carboxylic acids is 1. The largest absolute Gasteiger partial charge is 0.485 e. The van der Waals surface area contributed by atoms with Gasteiger partial charge in [0.2, 0.25) is 0 Å². The summed E-state index contributed by atoms with van der Waals surface area (Å²) in [7, 11) is 0. The Labute approximate surface area is 190 Å². The van der Waals surface area contributed by atoms with Crippen molar-refractivity contribution in [2.75, 3.05) is 46.0 Å². The highest BCUT2D eigenvalue weighted by Crippen LogP contribution is 2.40. The van der Waals surface area contributed by atoms with Crippen molar-refractivity contribution in [3.63, 3.8) is 0 Å². The van der Waals surface area contributed by atoms with Gasteiger partial charge < -0.3 is 23.8 Å². The molecule has 1 amide bonds. The Morgan fingerprint density at radius 1 is 1.09 bits per heavy atom. The van der Waals surface area contributed by atoms with Crippen molar-refractivity contribution in [3.8, 4) is 5.75 Å². The molecule has 32 heavy (non-hydrogen) atoms. The van der Waals surface area contributed by atoms with E-state index >= 15 is 0 Å². The van der Waals surface area contributed by atoms with Crippen LogP contribution in [-0.4, -0.2) is 85.2 Å². The molecule has 0 aromatic heterocycles. The maximum Gasteiger partial charge on any atom is 0.410 e. The fourth-order valence-corrected chi connectivity index (χ4v) is 5.34. The van der Waals surface area contributed by atoms with Gasteiger partial charge in [-0.15, -0.1) is 0 Å². The van der Waals surface area contributed by atoms with Crippen LogP contribution in [0.25, 0.3) is 0 Å². The second-order valence-electron chi connectivity index (χ2n) is 10.8. The van der Waals surface area contributed by atoms with Gasteiger partial charge in [-0.3, -0.25) is 4.90 Å². The van der Waals surface area contributed by atoms with Gasteiger partial charge >= 0.3 is 6.09 Å². The molecule has 4 saturated heterocycles. The molecule has 1 aromatic rings. The average Bonchev–Trinajstić information content (AvgIpc) is 3.15. The van der Waals surface area contributed by atoms with Gasteiger partial charge in [0.1, 0.15) is 23.1 Å². The molecule has 0 N–H and O–H groups in total. The Balaban J connectivity index is 1.11. The van der Waals surface area contributed by atoms with E-state index in [1.54, 1.807) is 4.90 Å². The lowest BCUT2D eigenvalue weighted by atomic mass is 9.86. The molecule has 4 aliphatic rings. The monoisotopic (exact) mass is 444 g/mol. The number of hydrogen-bond donors (Lipinski definition) is 0. The molecule has 4 fully saturated rings. The number of likely N-dealkylation sites (tertiary alicyclic amines) is 2. The van der Waals surface area contributed by atoms with E-state index in [2.05, 4.69) is 29.2 Å². The van der Waals surface area contributed by atoms with Gasteiger partial charge in [-0.2, -0.15) is 0 Å². The van der Waals surface area contributed by atoms with Gasteiger partial charge in [0, 0.05) is 6.04 Å². The average molecular weight is 445 g/mol. The maximum atomic E-state index is 12.3. The zero-order chi connectivity index (χ0) is 22.3. The van der Waals surface area contributed by atoms with Crippen LogP contribution in [-0.2, 0) is 14.2 Å². The second kappa shape index (κ2) is 8.50. The van der Waals surface area contributed by atoms with Crippen molar-refractivity contribution in [1.29, 1.82) is 0 Å². The molecule has 7 heteroatoms. The highest BCUT2D eigenvalue weighted by atomic mass is 16.6. The lowest BCUT2D eigenvalue weighted by Crippen LogP contribution is -2.64. The smallest absolute Gasteiger partial charge is 0.410 e. The number of carbonyl (C=O) groups is 1. The Morgan fingerprint density at radius 2 is 1.81 bits per heavy atom. The molecular weight excluding hydrogens is 408 g/mol. The summed E-state index contributed by atoms with van der Waals surface area (Å²) in [5, 5.41) is 0. The third-order valence-corrected chi connectivity index (χ3v) is 7.11. The number of ether oxygens (including phenoxy) is 4. The highest BCUT2D eigenvalue weighted by Gasteiger charge is 2.53. The minimum Gasteiger partial charge on any atom is -0.485 e. The molecule has 0 saturated carbocycles. The normalized spacial score (nSPS) is 26.6. The van der Waals surface area contributed by atoms with E-state index in [0.29, 0.717) is 38.3 Å². The van der Waals surface area contributed by atoms with Crippen LogP contribution in [0.3, 0.4) is 0 Å². The van der Waals surface area contributed by atoms with E-state index in [4.69, 9.17) is 18.9 Å². The van der Waals surface area contributed by atoms with Gasteiger partial charge in [0.25, 0.3) is 0 Å². The summed E-state index contributed by atoms with van der Waals surface area (Å²) in [6, 6.07) is 8.94. The summed E-state index contributed by atoms with van der Waals surface area (Å²) in [5.74, 6) is 1.56. The molecule has 0 bridgehead atoms. The third-order valence-electron chi connectivity index (χ3n) is 7.11. The quantitative estimate of drug-likeness (QED) is 0.709. The molecule has 1 aromatic carbocycles. The Bertz CT molecular complexity index is 820. The minimum atomic E-state index is -0.460. The first kappa shape index (κ1) is 22.0. The molecule has 7 nitrogen and oxygen atoms in total. The summed E-state index contributed by atoms with van der Waals surface area (Å²) in [6.45, 7) is 11.3. The summed E-state index contributed by atoms with van der Waals surface area (Å²) in [4.78, 5) is 16.6. The lowest BCUT2D eigenvalue weighted by Gasteiger charge is -2.47. The molecule has 4 aliphatic heterocycles. The Morgan fingerprint density at radius 3 is 2.47 bits per heavy atom. The number of benzene rings is 1. The van der Waals surface area contributed by atoms with Gasteiger partial charge in [0.15, 0.2) is 0 Å². The highest BCUT2D eigenvalue weighted by molar-refractivity contribution is 5.69. The van der Waals surface area contributed by atoms with Crippen LogP contribution >= 0.6 is 0 Å². The van der Waals surface area contributed by atoms with Crippen molar-refractivity contribution in [1.82, 2.24) is 9.80 Å². The number of para-hydroxylation sites is 1. The van der Waals surface area contributed by atoms with Crippen LogP contribution < -0.4 is 4.74 Å². The summed E-state index contributed by atoms with van der Waals surface area (Å²) >= 11 is 0. The number of piperidine rings is 1. The predicted octanol–water partition coefficient (Wildman–Crippen LogP) is 3.42. The van der Waals surface area contributed by atoms with E-state index in [1.165, 1.54) is 5.56 Å². The van der Waals surface area contributed by atoms with E-state index in [-0.39, 0.29) is 17.8 Å². The van der Waals surface area contributed by atoms with Crippen molar-refractivity contribution in [3.05, 3.63) is 29.8 Å². The van der Waals surface area contributed by atoms with Crippen LogP contribution in [0.4, 0.5) is 4.79 Å². The molecule has 0 unspecified atom stereocenters. The molecule has 0 radical (unpaired) electrons. The molecule has 176 valence electrons. The van der Waals surface area contributed by atoms with Gasteiger partial charge in [-0.25, -0.2) is 4.79 Å². The SMILES string of the molecule is CC(C)(C)OC(=O)N1CC2(C[C@H](N3CCC(c4ccccc4OC4COC4)CC3)CO2)C1. The zero-order valence-corrected chi connectivity index (χ0v) is 19.5. The van der Waals surface area contributed by atoms with E-state index < -0.39 is 5.60 Å². The predicted molar refractivity (Wildman–Crippen MR) is 120 cm³/mol. The summed E-state index contributed by atoms with van der Waals surface area (Å²) in [6.07, 6.45) is 3.23. The lowest BCUT2D eigenvalue weighted by molar-refractivity contribution is -0.109. The van der Waals surface area contributed by atoms with Gasteiger partial charge in [-0.05, 0) is 70.7 Å². The van der Waals surface area contributed by atoms with Gasteiger partial charge in [-0.1, -0.05) is 18.2 Å². The minimum absolute atomic E-state index is 0.177. The first-order chi connectivity index (χ1) is 15.3. The van der Waals surface area contributed by atoms with Crippen LogP contribution in [0.2, 0.25) is 0 Å². The fourth-order valence-electron chi connectivity index (χ4n) is 5.34. The molecule has 4 heterocycles. The van der Waals surface area contributed by atoms with Crippen LogP contribution in [0.15, 0.2) is 24.3 Å². The topological polar surface area (TPSA) is 60.5 Å². The maximum absolute atomic E-state index is 12.3. The van der Waals surface area contributed by atoms with E-state index in [1.807, 2.05) is 20.8 Å². The number of amides is 1. The summed E-state index contributed by atoms with van der Waals surface area (Å²) in [5.41, 5.74) is 0.701. The Hall–Kier alpha value is -1.83. The van der Waals surface area contributed by atoms with E-state index in [0.717, 1.165) is 44.7 Å². The zero-order valence-electron chi connectivity index (χ0n) is 19.5. The fraction of sp³-hybridized carbons (Fsp3) is 0.720. The van der Waals surface area contributed by atoms with Crippen LogP contribution in [0, 0.1) is 0 Å². The van der Waals surface area contributed by atoms with E-state index in [9.17, 15) is 4.79 Å². The number of nitrogens with zero attached hydrogens (tertiary/aromatic N) is 2. The van der Waals surface area contributed by atoms with Crippen molar-refractivity contribution in [2.24, 2.45) is 0 Å². The van der Waals surface area contributed by atoms with Crippen LogP contribution in [0.1, 0.15) is 51.5 Å². The second-order valence-corrected chi connectivity index (χ2v) is 10.8. The Kier molecular flexibility index (Phi) is 5.84. The van der Waals surface area contributed by atoms with Gasteiger partial charge in [0.05, 0.1) is 32.9 Å². The van der Waals surface area contributed by atoms with Crippen molar-refractivity contribution >= 4 is 6.09 Å². The molecule has 1 spiro atoms. The standard InChI is InChI=1S/C25H36N2O5/c1-24(2,3)32-23(28)27-16-25(17-27)12-19(13-30-25)26-10-8-18(9-11-26)21-6-4-5-7-22(21)31-20-14-29-15-20/h4-7,18-20H,8-17H2,1-3H3/t19-/m0/s1. The molecular formula is C25H36N2O5. The molecule has 1 atom stereocenters. The number of rotatable bonds is 4. The van der Waals surface area contributed by atoms with Crippen molar-refractivity contribution in [2.45, 2.75) is 69.3 Å². The molecule has 5 rings (SSSR count). The number of hydrogen-bond acceptors (Lipinski definition) is 6.